The molecule has 1 heteroatoms. The van der Waals surface area contributed by atoms with Gasteiger partial charge in [0.2, 0.25) is 0 Å². The Labute approximate surface area is 66.5 Å². The summed E-state index contributed by atoms with van der Waals surface area (Å²) in [5.74, 6) is 0. The summed E-state index contributed by atoms with van der Waals surface area (Å²) in [6.45, 7) is 9.05. The molecule has 0 aromatic carbocycles. The van der Waals surface area contributed by atoms with E-state index in [2.05, 4.69) is 35.3 Å². The summed E-state index contributed by atoms with van der Waals surface area (Å²) in [5, 5.41) is 0. The highest BCUT2D eigenvalue weighted by Gasteiger charge is 2.23. The van der Waals surface area contributed by atoms with Gasteiger partial charge in [-0.15, -0.1) is 0 Å². The summed E-state index contributed by atoms with van der Waals surface area (Å²) < 4.78 is 0. The summed E-state index contributed by atoms with van der Waals surface area (Å²) in [4.78, 5) is 4.14. The van der Waals surface area contributed by atoms with Crippen LogP contribution in [0.2, 0.25) is 0 Å². The van der Waals surface area contributed by atoms with E-state index < -0.39 is 0 Å². The largest absolute Gasteiger partial charge is 0.277 e. The highest BCUT2D eigenvalue weighted by molar-refractivity contribution is 6.14. The second-order valence-corrected chi connectivity index (χ2v) is 2.23. The molecule has 11 heavy (non-hydrogen) atoms. The molecular formula is C10H9N. The van der Waals surface area contributed by atoms with Crippen molar-refractivity contribution >= 4 is 5.71 Å². The Morgan fingerprint density at radius 2 is 2.36 bits per heavy atom. The van der Waals surface area contributed by atoms with Gasteiger partial charge in [0, 0.05) is 5.57 Å². The van der Waals surface area contributed by atoms with Crippen LogP contribution in [-0.4, -0.2) is 11.8 Å². The van der Waals surface area contributed by atoms with Crippen molar-refractivity contribution in [1.29, 1.82) is 0 Å². The van der Waals surface area contributed by atoms with Crippen LogP contribution < -0.4 is 0 Å². The van der Waals surface area contributed by atoms with Crippen LogP contribution >= 0.6 is 0 Å². The second-order valence-electron chi connectivity index (χ2n) is 2.23. The van der Waals surface area contributed by atoms with Gasteiger partial charge in [-0.05, 0) is 19.2 Å². The predicted octanol–water partition coefficient (Wildman–Crippen LogP) is 2.04. The van der Waals surface area contributed by atoms with E-state index in [1.165, 1.54) is 0 Å². The summed E-state index contributed by atoms with van der Waals surface area (Å²) >= 11 is 0. The van der Waals surface area contributed by atoms with E-state index >= 15 is 0 Å². The molecule has 1 aliphatic heterocycles. The van der Waals surface area contributed by atoms with Crippen molar-refractivity contribution in [3.05, 3.63) is 42.0 Å². The van der Waals surface area contributed by atoms with Gasteiger partial charge in [0.15, 0.2) is 0 Å². The summed E-state index contributed by atoms with van der Waals surface area (Å²) in [6, 6.07) is 0.335. The molecule has 0 saturated carbocycles. The van der Waals surface area contributed by atoms with Gasteiger partial charge in [-0.3, -0.25) is 4.99 Å². The van der Waals surface area contributed by atoms with E-state index in [4.69, 9.17) is 0 Å². The molecule has 0 amide bonds. The molecule has 54 valence electrons. The van der Waals surface area contributed by atoms with Crippen molar-refractivity contribution in [3.8, 4) is 0 Å². The Bertz CT molecular complexity index is 328. The quantitative estimate of drug-likeness (QED) is 0.414. The zero-order chi connectivity index (χ0) is 8.27. The predicted molar refractivity (Wildman–Crippen MR) is 46.8 cm³/mol. The molecule has 0 aliphatic carbocycles. The molecule has 1 heterocycles. The molecular weight excluding hydrogens is 134 g/mol. The first-order valence-corrected chi connectivity index (χ1v) is 3.40. The first-order valence-electron chi connectivity index (χ1n) is 3.40. The Morgan fingerprint density at radius 1 is 1.73 bits per heavy atom. The van der Waals surface area contributed by atoms with Crippen LogP contribution in [0.4, 0.5) is 0 Å². The Hall–Kier alpha value is -1.51. The summed E-state index contributed by atoms with van der Waals surface area (Å²) in [5.41, 5.74) is 9.93. The fourth-order valence-electron chi connectivity index (χ4n) is 0.797. The van der Waals surface area contributed by atoms with E-state index in [1.54, 1.807) is 6.08 Å². The third-order valence-corrected chi connectivity index (χ3v) is 1.43. The van der Waals surface area contributed by atoms with Crippen molar-refractivity contribution in [2.45, 2.75) is 13.0 Å². The van der Waals surface area contributed by atoms with Gasteiger partial charge >= 0.3 is 0 Å². The fourth-order valence-corrected chi connectivity index (χ4v) is 0.797. The maximum atomic E-state index is 4.14. The summed E-state index contributed by atoms with van der Waals surface area (Å²) in [6.07, 6.45) is 1.71. The molecule has 0 aromatic rings. The fraction of sp³-hybridized carbons (Fsp3) is 0.200. The van der Waals surface area contributed by atoms with E-state index in [-0.39, 0.29) is 0 Å². The number of allylic oxidation sites excluding steroid dienone is 1. The molecule has 0 spiro atoms. The monoisotopic (exact) mass is 143 g/mol. The van der Waals surface area contributed by atoms with E-state index in [9.17, 15) is 0 Å². The summed E-state index contributed by atoms with van der Waals surface area (Å²) in [7, 11) is 0. The van der Waals surface area contributed by atoms with Gasteiger partial charge in [0.05, 0.1) is 11.8 Å². The zero-order valence-corrected chi connectivity index (χ0v) is 6.52. The number of hydrogen-bond donors (Lipinski definition) is 0. The van der Waals surface area contributed by atoms with Crippen molar-refractivity contribution < 1.29 is 0 Å². The SMILES string of the molecule is C=C=C=C=C(C=C)C1=NC1C. The van der Waals surface area contributed by atoms with Crippen LogP contribution in [0.1, 0.15) is 6.92 Å². The molecule has 1 unspecified atom stereocenters. The number of rotatable bonds is 2. The van der Waals surface area contributed by atoms with E-state index in [1.807, 2.05) is 6.92 Å². The van der Waals surface area contributed by atoms with Crippen LogP contribution in [0.5, 0.6) is 0 Å². The number of hydrogen-bond acceptors (Lipinski definition) is 1. The zero-order valence-electron chi connectivity index (χ0n) is 6.52. The van der Waals surface area contributed by atoms with Crippen LogP contribution in [-0.2, 0) is 0 Å². The van der Waals surface area contributed by atoms with E-state index in [0.29, 0.717) is 6.04 Å². The molecule has 0 N–H and O–H groups in total. The highest BCUT2D eigenvalue weighted by Crippen LogP contribution is 2.17. The van der Waals surface area contributed by atoms with Crippen LogP contribution in [0.3, 0.4) is 0 Å². The minimum atomic E-state index is 0.335. The van der Waals surface area contributed by atoms with Crippen molar-refractivity contribution in [3.63, 3.8) is 0 Å². The van der Waals surface area contributed by atoms with Gasteiger partial charge in [0.25, 0.3) is 0 Å². The van der Waals surface area contributed by atoms with Crippen molar-refractivity contribution in [2.24, 2.45) is 4.99 Å². The number of aliphatic imine (C=N–C) groups is 1. The Morgan fingerprint density at radius 3 is 2.73 bits per heavy atom. The minimum absolute atomic E-state index is 0.335. The lowest BCUT2D eigenvalue weighted by Crippen LogP contribution is -1.91. The average Bonchev–Trinajstić information content (AvgIpc) is 2.69. The van der Waals surface area contributed by atoms with Crippen molar-refractivity contribution in [2.75, 3.05) is 0 Å². The molecule has 0 bridgehead atoms. The van der Waals surface area contributed by atoms with Gasteiger partial charge < -0.3 is 0 Å². The average molecular weight is 143 g/mol. The first-order chi connectivity index (χ1) is 5.29. The molecule has 1 atom stereocenters. The third-order valence-electron chi connectivity index (χ3n) is 1.43. The lowest BCUT2D eigenvalue weighted by Gasteiger charge is -1.83. The molecule has 0 aromatic heterocycles. The maximum Gasteiger partial charge on any atom is 0.0904 e. The second kappa shape index (κ2) is 3.05. The standard InChI is InChI=1S/C10H9N/c1-4-6-7-9(5-2)10-8(3)11-10/h5,8H,1-2H2,3H3. The molecule has 0 fully saturated rings. The topological polar surface area (TPSA) is 12.4 Å². The number of nitrogens with zero attached hydrogens (tertiary/aromatic N) is 1. The van der Waals surface area contributed by atoms with Gasteiger partial charge in [-0.25, -0.2) is 0 Å². The molecule has 0 radical (unpaired) electrons. The smallest absolute Gasteiger partial charge is 0.0904 e. The Balaban J connectivity index is 2.99. The Kier molecular flexibility index (Phi) is 2.11. The van der Waals surface area contributed by atoms with Gasteiger partial charge in [-0.2, -0.15) is 0 Å². The van der Waals surface area contributed by atoms with Crippen LogP contribution in [0, 0.1) is 0 Å². The van der Waals surface area contributed by atoms with E-state index in [0.717, 1.165) is 11.3 Å². The van der Waals surface area contributed by atoms with Crippen LogP contribution in [0.25, 0.3) is 0 Å². The lowest BCUT2D eigenvalue weighted by molar-refractivity contribution is 1.15. The third kappa shape index (κ3) is 1.70. The molecule has 1 aliphatic rings. The molecule has 0 saturated heterocycles. The van der Waals surface area contributed by atoms with Crippen molar-refractivity contribution in [1.82, 2.24) is 0 Å². The lowest BCUT2D eigenvalue weighted by atomic mass is 10.2. The van der Waals surface area contributed by atoms with Gasteiger partial charge in [0.1, 0.15) is 0 Å². The molecule has 1 rings (SSSR count). The van der Waals surface area contributed by atoms with Gasteiger partial charge in [-0.1, -0.05) is 24.1 Å². The van der Waals surface area contributed by atoms with Crippen LogP contribution in [0.15, 0.2) is 47.0 Å². The first kappa shape index (κ1) is 7.60. The molecule has 1 nitrogen and oxygen atoms in total. The normalized spacial score (nSPS) is 18.6. The maximum absolute atomic E-state index is 4.14. The highest BCUT2D eigenvalue weighted by atomic mass is 15.0. The minimum Gasteiger partial charge on any atom is -0.277 e.